The van der Waals surface area contributed by atoms with E-state index in [0.29, 0.717) is 11.8 Å². The normalized spacial score (nSPS) is 10.8. The number of anilines is 2. The number of nitrogen functional groups attached to an aromatic ring is 1. The Kier molecular flexibility index (Phi) is 4.70. The second kappa shape index (κ2) is 6.49. The summed E-state index contributed by atoms with van der Waals surface area (Å²) in [5.74, 6) is -2.11. The third kappa shape index (κ3) is 4.13. The lowest BCUT2D eigenvalue weighted by Crippen LogP contribution is -2.10. The summed E-state index contributed by atoms with van der Waals surface area (Å²) in [6.07, 6.45) is 2.81. The highest BCUT2D eigenvalue weighted by Gasteiger charge is 2.11. The van der Waals surface area contributed by atoms with E-state index in [-0.39, 0.29) is 10.2 Å². The third-order valence-corrected chi connectivity index (χ3v) is 3.24. The zero-order chi connectivity index (χ0) is 15.4. The van der Waals surface area contributed by atoms with Crippen molar-refractivity contribution >= 4 is 39.3 Å². The van der Waals surface area contributed by atoms with Gasteiger partial charge >= 0.3 is 0 Å². The minimum absolute atomic E-state index is 0.108. The number of rotatable bonds is 3. The molecule has 1 amide bonds. The molecule has 0 atom stereocenters. The predicted octanol–water partition coefficient (Wildman–Crippen LogP) is 3.96. The average Bonchev–Trinajstić information content (AvgIpc) is 2.42. The van der Waals surface area contributed by atoms with Crippen molar-refractivity contribution in [1.82, 2.24) is 0 Å². The van der Waals surface area contributed by atoms with Crippen LogP contribution in [-0.4, -0.2) is 5.91 Å². The molecular weight excluding hydrogens is 342 g/mol. The van der Waals surface area contributed by atoms with E-state index in [9.17, 15) is 13.6 Å². The Morgan fingerprint density at radius 2 is 1.86 bits per heavy atom. The van der Waals surface area contributed by atoms with Crippen molar-refractivity contribution in [2.24, 2.45) is 0 Å². The quantitative estimate of drug-likeness (QED) is 0.648. The summed E-state index contributed by atoms with van der Waals surface area (Å²) in [7, 11) is 0. The molecule has 0 fully saturated rings. The van der Waals surface area contributed by atoms with Crippen LogP contribution in [0.2, 0.25) is 0 Å². The fourth-order valence-corrected chi connectivity index (χ4v) is 2.11. The summed E-state index contributed by atoms with van der Waals surface area (Å²) in [5.41, 5.74) is 6.84. The monoisotopic (exact) mass is 352 g/mol. The summed E-state index contributed by atoms with van der Waals surface area (Å²) in [4.78, 5) is 11.7. The molecule has 6 heteroatoms. The number of benzene rings is 2. The average molecular weight is 353 g/mol. The van der Waals surface area contributed by atoms with Crippen molar-refractivity contribution in [3.8, 4) is 0 Å². The van der Waals surface area contributed by atoms with Crippen LogP contribution in [0.15, 0.2) is 46.9 Å². The predicted molar refractivity (Wildman–Crippen MR) is 82.6 cm³/mol. The van der Waals surface area contributed by atoms with Crippen LogP contribution >= 0.6 is 15.9 Å². The summed E-state index contributed by atoms with van der Waals surface area (Å²) in [5, 5.41) is 2.35. The largest absolute Gasteiger partial charge is 0.399 e. The van der Waals surface area contributed by atoms with Gasteiger partial charge in [-0.15, -0.1) is 0 Å². The van der Waals surface area contributed by atoms with E-state index in [4.69, 9.17) is 5.73 Å². The maximum atomic E-state index is 13.6. The van der Waals surface area contributed by atoms with Gasteiger partial charge in [0.1, 0.15) is 5.82 Å². The number of nitrogens with one attached hydrogen (secondary N) is 1. The highest BCUT2D eigenvalue weighted by Crippen LogP contribution is 2.26. The van der Waals surface area contributed by atoms with E-state index in [0.717, 1.165) is 11.6 Å². The minimum atomic E-state index is -0.851. The molecule has 2 aromatic rings. The van der Waals surface area contributed by atoms with Crippen LogP contribution in [0.25, 0.3) is 6.08 Å². The molecule has 0 spiro atoms. The number of carbonyl (C=O) groups excluding carboxylic acids is 1. The molecule has 0 aliphatic carbocycles. The van der Waals surface area contributed by atoms with Crippen molar-refractivity contribution in [2.75, 3.05) is 11.1 Å². The molecule has 0 aromatic heterocycles. The van der Waals surface area contributed by atoms with Crippen molar-refractivity contribution in [1.29, 1.82) is 0 Å². The fraction of sp³-hybridized carbons (Fsp3) is 0. The van der Waals surface area contributed by atoms with Crippen LogP contribution in [0.1, 0.15) is 5.56 Å². The second-order valence-electron chi connectivity index (χ2n) is 4.23. The Labute approximate surface area is 128 Å². The van der Waals surface area contributed by atoms with Gasteiger partial charge in [-0.05, 0) is 45.8 Å². The van der Waals surface area contributed by atoms with Gasteiger partial charge in [-0.1, -0.05) is 12.1 Å². The maximum Gasteiger partial charge on any atom is 0.248 e. The van der Waals surface area contributed by atoms with Gasteiger partial charge in [0.25, 0.3) is 0 Å². The van der Waals surface area contributed by atoms with Crippen LogP contribution in [0.3, 0.4) is 0 Å². The summed E-state index contributed by atoms with van der Waals surface area (Å²) in [6, 6.07) is 8.66. The van der Waals surface area contributed by atoms with Gasteiger partial charge in [0.15, 0.2) is 5.82 Å². The van der Waals surface area contributed by atoms with Crippen molar-refractivity contribution < 1.29 is 13.6 Å². The third-order valence-electron chi connectivity index (χ3n) is 2.62. The Morgan fingerprint density at radius 1 is 1.19 bits per heavy atom. The van der Waals surface area contributed by atoms with E-state index in [2.05, 4.69) is 21.2 Å². The molecule has 0 aliphatic heterocycles. The van der Waals surface area contributed by atoms with E-state index in [1.165, 1.54) is 6.08 Å². The topological polar surface area (TPSA) is 55.1 Å². The van der Waals surface area contributed by atoms with Gasteiger partial charge in [0, 0.05) is 22.3 Å². The van der Waals surface area contributed by atoms with Crippen LogP contribution in [0, 0.1) is 11.6 Å². The molecule has 2 aromatic carbocycles. The SMILES string of the molecule is Nc1ccc(/C=C/C(=O)Nc2c(F)cc(F)cc2Br)cc1. The van der Waals surface area contributed by atoms with Crippen molar-refractivity contribution in [3.63, 3.8) is 0 Å². The van der Waals surface area contributed by atoms with Crippen molar-refractivity contribution in [2.45, 2.75) is 0 Å². The number of amides is 1. The molecule has 0 aliphatic rings. The van der Waals surface area contributed by atoms with Gasteiger partial charge in [0.2, 0.25) is 5.91 Å². The molecule has 108 valence electrons. The second-order valence-corrected chi connectivity index (χ2v) is 5.09. The van der Waals surface area contributed by atoms with E-state index in [1.54, 1.807) is 30.3 Å². The molecule has 3 N–H and O–H groups in total. The molecule has 2 rings (SSSR count). The number of hydrogen-bond acceptors (Lipinski definition) is 2. The molecule has 0 heterocycles. The Morgan fingerprint density at radius 3 is 2.48 bits per heavy atom. The fourth-order valence-electron chi connectivity index (χ4n) is 1.61. The van der Waals surface area contributed by atoms with Crippen LogP contribution in [0.5, 0.6) is 0 Å². The molecule has 0 saturated carbocycles. The molecule has 0 saturated heterocycles. The Bertz CT molecular complexity index is 676. The minimum Gasteiger partial charge on any atom is -0.399 e. The summed E-state index contributed by atoms with van der Waals surface area (Å²) < 4.78 is 26.6. The first-order chi connectivity index (χ1) is 9.95. The van der Waals surface area contributed by atoms with Gasteiger partial charge in [-0.2, -0.15) is 0 Å². The lowest BCUT2D eigenvalue weighted by atomic mass is 10.2. The number of carbonyl (C=O) groups is 1. The standard InChI is InChI=1S/C15H11BrF2N2O/c16-12-7-10(17)8-13(18)15(12)20-14(21)6-3-9-1-4-11(19)5-2-9/h1-8H,19H2,(H,20,21)/b6-3+. The first-order valence-electron chi connectivity index (χ1n) is 5.95. The highest BCUT2D eigenvalue weighted by molar-refractivity contribution is 9.10. The van der Waals surface area contributed by atoms with Gasteiger partial charge < -0.3 is 11.1 Å². The van der Waals surface area contributed by atoms with Gasteiger partial charge in [-0.3, -0.25) is 4.79 Å². The zero-order valence-electron chi connectivity index (χ0n) is 10.7. The number of halogens is 3. The van der Waals surface area contributed by atoms with E-state index in [1.807, 2.05) is 0 Å². The summed E-state index contributed by atoms with van der Waals surface area (Å²) >= 11 is 3.00. The summed E-state index contributed by atoms with van der Waals surface area (Å²) in [6.45, 7) is 0. The first kappa shape index (κ1) is 15.2. The van der Waals surface area contributed by atoms with Crippen molar-refractivity contribution in [3.05, 3.63) is 64.1 Å². The molecule has 0 unspecified atom stereocenters. The molecule has 0 bridgehead atoms. The van der Waals surface area contributed by atoms with Gasteiger partial charge in [-0.25, -0.2) is 8.78 Å². The zero-order valence-corrected chi connectivity index (χ0v) is 12.3. The molecule has 0 radical (unpaired) electrons. The number of nitrogens with two attached hydrogens (primary N) is 1. The molecule has 21 heavy (non-hydrogen) atoms. The first-order valence-corrected chi connectivity index (χ1v) is 6.74. The smallest absolute Gasteiger partial charge is 0.248 e. The number of hydrogen-bond donors (Lipinski definition) is 2. The van der Waals surface area contributed by atoms with E-state index >= 15 is 0 Å². The van der Waals surface area contributed by atoms with Crippen LogP contribution in [0.4, 0.5) is 20.2 Å². The lowest BCUT2D eigenvalue weighted by Gasteiger charge is -2.06. The Hall–Kier alpha value is -2.21. The molecular formula is C15H11BrF2N2O. The lowest BCUT2D eigenvalue weighted by molar-refractivity contribution is -0.111. The van der Waals surface area contributed by atoms with Crippen LogP contribution < -0.4 is 11.1 Å². The van der Waals surface area contributed by atoms with Gasteiger partial charge in [0.05, 0.1) is 5.69 Å². The van der Waals surface area contributed by atoms with E-state index < -0.39 is 17.5 Å². The molecule has 3 nitrogen and oxygen atoms in total. The highest BCUT2D eigenvalue weighted by atomic mass is 79.9. The maximum absolute atomic E-state index is 13.6. The van der Waals surface area contributed by atoms with Crippen LogP contribution in [-0.2, 0) is 4.79 Å². The Balaban J connectivity index is 2.10.